The van der Waals surface area contributed by atoms with Crippen molar-refractivity contribution in [2.75, 3.05) is 18.2 Å². The Labute approximate surface area is 136 Å². The molecule has 2 aromatic carbocycles. The normalized spacial score (nSPS) is 10.3. The molecular weight excluding hydrogens is 440 g/mol. The van der Waals surface area contributed by atoms with Gasteiger partial charge in [-0.1, -0.05) is 0 Å². The molecule has 0 atom stereocenters. The van der Waals surface area contributed by atoms with Gasteiger partial charge in [0.25, 0.3) is 0 Å². The summed E-state index contributed by atoms with van der Waals surface area (Å²) >= 11 is 10.4. The number of hydrogen-bond donors (Lipinski definition) is 2. The van der Waals surface area contributed by atoms with Gasteiger partial charge < -0.3 is 15.8 Å². The quantitative estimate of drug-likeness (QED) is 0.623. The van der Waals surface area contributed by atoms with Crippen LogP contribution < -0.4 is 15.8 Å². The smallest absolute Gasteiger partial charge is 0.135 e. The largest absolute Gasteiger partial charge is 0.495 e. The van der Waals surface area contributed by atoms with Crippen LogP contribution >= 0.6 is 47.8 Å². The molecular formula is C13H11Br3N2O. The van der Waals surface area contributed by atoms with Crippen molar-refractivity contribution in [1.29, 1.82) is 0 Å². The number of hydrogen-bond acceptors (Lipinski definition) is 3. The van der Waals surface area contributed by atoms with E-state index >= 15 is 0 Å². The van der Waals surface area contributed by atoms with Crippen molar-refractivity contribution in [1.82, 2.24) is 0 Å². The summed E-state index contributed by atoms with van der Waals surface area (Å²) in [7, 11) is 1.64. The predicted octanol–water partition coefficient (Wildman–Crippen LogP) is 5.31. The number of benzene rings is 2. The van der Waals surface area contributed by atoms with Crippen LogP contribution in [0, 0.1) is 0 Å². The zero-order valence-electron chi connectivity index (χ0n) is 10.0. The molecule has 2 aromatic rings. The van der Waals surface area contributed by atoms with Crippen molar-refractivity contribution in [3.63, 3.8) is 0 Å². The second kappa shape index (κ2) is 6.15. The van der Waals surface area contributed by atoms with Crippen molar-refractivity contribution >= 4 is 64.9 Å². The molecule has 2 rings (SSSR count). The number of rotatable bonds is 3. The van der Waals surface area contributed by atoms with Gasteiger partial charge in [-0.2, -0.15) is 0 Å². The van der Waals surface area contributed by atoms with Crippen molar-refractivity contribution in [2.24, 2.45) is 0 Å². The molecule has 0 amide bonds. The molecule has 0 aromatic heterocycles. The predicted molar refractivity (Wildman–Crippen MR) is 90.2 cm³/mol. The fraction of sp³-hybridized carbons (Fsp3) is 0.0769. The first-order chi connectivity index (χ1) is 9.01. The van der Waals surface area contributed by atoms with Crippen LogP contribution in [0.2, 0.25) is 0 Å². The highest BCUT2D eigenvalue weighted by atomic mass is 79.9. The van der Waals surface area contributed by atoms with Crippen molar-refractivity contribution in [3.8, 4) is 5.75 Å². The number of methoxy groups -OCH3 is 1. The number of nitrogens with one attached hydrogen (secondary N) is 1. The van der Waals surface area contributed by atoms with E-state index in [9.17, 15) is 0 Å². The van der Waals surface area contributed by atoms with Gasteiger partial charge in [0.2, 0.25) is 0 Å². The molecule has 0 saturated carbocycles. The SMILES string of the molecule is COc1cc(Nc2ccc(N)cc2Br)c(Br)cc1Br. The van der Waals surface area contributed by atoms with E-state index in [0.29, 0.717) is 5.69 Å². The Morgan fingerprint density at radius 2 is 1.63 bits per heavy atom. The molecule has 0 fully saturated rings. The number of anilines is 3. The lowest BCUT2D eigenvalue weighted by Crippen LogP contribution is -1.95. The minimum absolute atomic E-state index is 0.713. The molecule has 0 heterocycles. The van der Waals surface area contributed by atoms with Gasteiger partial charge in [0.15, 0.2) is 0 Å². The van der Waals surface area contributed by atoms with Gasteiger partial charge in [-0.25, -0.2) is 0 Å². The first kappa shape index (κ1) is 14.7. The fourth-order valence-corrected chi connectivity index (χ4v) is 3.31. The van der Waals surface area contributed by atoms with E-state index < -0.39 is 0 Å². The maximum atomic E-state index is 5.72. The van der Waals surface area contributed by atoms with Gasteiger partial charge in [-0.3, -0.25) is 0 Å². The second-order valence-electron chi connectivity index (χ2n) is 3.83. The molecule has 0 aliphatic carbocycles. The summed E-state index contributed by atoms with van der Waals surface area (Å²) in [6.45, 7) is 0. The van der Waals surface area contributed by atoms with E-state index in [1.54, 1.807) is 7.11 Å². The monoisotopic (exact) mass is 448 g/mol. The molecule has 0 aliphatic rings. The molecule has 3 N–H and O–H groups in total. The Bertz CT molecular complexity index is 617. The molecule has 0 unspecified atom stereocenters. The Kier molecular flexibility index (Phi) is 4.76. The summed E-state index contributed by atoms with van der Waals surface area (Å²) in [6.07, 6.45) is 0. The third-order valence-corrected chi connectivity index (χ3v) is 4.44. The number of ether oxygens (including phenoxy) is 1. The van der Waals surface area contributed by atoms with E-state index in [4.69, 9.17) is 10.5 Å². The summed E-state index contributed by atoms with van der Waals surface area (Å²) in [5, 5.41) is 3.32. The lowest BCUT2D eigenvalue weighted by Gasteiger charge is -2.13. The Morgan fingerprint density at radius 3 is 2.26 bits per heavy atom. The van der Waals surface area contributed by atoms with Crippen LogP contribution in [0.4, 0.5) is 17.1 Å². The minimum Gasteiger partial charge on any atom is -0.495 e. The first-order valence-corrected chi connectivity index (χ1v) is 7.74. The lowest BCUT2D eigenvalue weighted by molar-refractivity contribution is 0.412. The molecule has 0 spiro atoms. The molecule has 3 nitrogen and oxygen atoms in total. The van der Waals surface area contributed by atoms with Gasteiger partial charge in [-0.05, 0) is 72.1 Å². The molecule has 6 heteroatoms. The van der Waals surface area contributed by atoms with Crippen LogP contribution in [0.3, 0.4) is 0 Å². The van der Waals surface area contributed by atoms with E-state index in [1.807, 2.05) is 30.3 Å². The van der Waals surface area contributed by atoms with Gasteiger partial charge in [0, 0.05) is 20.7 Å². The maximum absolute atomic E-state index is 5.72. The highest BCUT2D eigenvalue weighted by Crippen LogP contribution is 2.37. The molecule has 100 valence electrons. The summed E-state index contributed by atoms with van der Waals surface area (Å²) in [5.74, 6) is 0.761. The van der Waals surface area contributed by atoms with E-state index in [1.165, 1.54) is 0 Å². The topological polar surface area (TPSA) is 47.3 Å². The Balaban J connectivity index is 2.37. The van der Waals surface area contributed by atoms with Crippen LogP contribution in [-0.2, 0) is 0 Å². The summed E-state index contributed by atoms with van der Waals surface area (Å²) in [5.41, 5.74) is 8.27. The van der Waals surface area contributed by atoms with Crippen LogP contribution in [0.25, 0.3) is 0 Å². The van der Waals surface area contributed by atoms with Crippen molar-refractivity contribution in [2.45, 2.75) is 0 Å². The summed E-state index contributed by atoms with van der Waals surface area (Å²) < 4.78 is 8.02. The zero-order chi connectivity index (χ0) is 14.0. The highest BCUT2D eigenvalue weighted by Gasteiger charge is 2.09. The van der Waals surface area contributed by atoms with Crippen LogP contribution in [-0.4, -0.2) is 7.11 Å². The van der Waals surface area contributed by atoms with Crippen LogP contribution in [0.15, 0.2) is 43.7 Å². The fourth-order valence-electron chi connectivity index (χ4n) is 1.56. The van der Waals surface area contributed by atoms with Crippen molar-refractivity contribution in [3.05, 3.63) is 43.7 Å². The number of nitrogens with two attached hydrogens (primary N) is 1. The number of nitrogen functional groups attached to an aromatic ring is 1. The first-order valence-electron chi connectivity index (χ1n) is 5.36. The van der Waals surface area contributed by atoms with Crippen LogP contribution in [0.1, 0.15) is 0 Å². The van der Waals surface area contributed by atoms with Crippen molar-refractivity contribution < 1.29 is 4.74 Å². The Morgan fingerprint density at radius 1 is 0.947 bits per heavy atom. The van der Waals surface area contributed by atoms with E-state index in [-0.39, 0.29) is 0 Å². The average molecular weight is 451 g/mol. The van der Waals surface area contributed by atoms with Gasteiger partial charge >= 0.3 is 0 Å². The highest BCUT2D eigenvalue weighted by molar-refractivity contribution is 9.11. The molecule has 0 bridgehead atoms. The van der Waals surface area contributed by atoms with Crippen LogP contribution in [0.5, 0.6) is 5.75 Å². The third kappa shape index (κ3) is 3.43. The minimum atomic E-state index is 0.713. The Hall–Kier alpha value is -0.720. The second-order valence-corrected chi connectivity index (χ2v) is 6.39. The summed E-state index contributed by atoms with van der Waals surface area (Å²) in [4.78, 5) is 0. The zero-order valence-corrected chi connectivity index (χ0v) is 14.8. The number of halogens is 3. The van der Waals surface area contributed by atoms with Gasteiger partial charge in [0.1, 0.15) is 5.75 Å². The lowest BCUT2D eigenvalue weighted by atomic mass is 10.2. The summed E-state index contributed by atoms with van der Waals surface area (Å²) in [6, 6.07) is 9.47. The van der Waals surface area contributed by atoms with Gasteiger partial charge in [0.05, 0.1) is 23.0 Å². The average Bonchev–Trinajstić information content (AvgIpc) is 2.35. The van der Waals surface area contributed by atoms with E-state index in [2.05, 4.69) is 53.1 Å². The molecule has 0 saturated heterocycles. The maximum Gasteiger partial charge on any atom is 0.135 e. The third-order valence-electron chi connectivity index (χ3n) is 2.50. The molecule has 0 radical (unpaired) electrons. The van der Waals surface area contributed by atoms with Gasteiger partial charge in [-0.15, -0.1) is 0 Å². The molecule has 0 aliphatic heterocycles. The standard InChI is InChI=1S/C13H11Br3N2O/c1-19-13-6-12(9(15)5-10(13)16)18-11-3-2-7(17)4-8(11)14/h2-6,18H,17H2,1H3. The molecule has 19 heavy (non-hydrogen) atoms. The van der Waals surface area contributed by atoms with E-state index in [0.717, 1.165) is 30.5 Å².